The molecule has 0 aliphatic heterocycles. The van der Waals surface area contributed by atoms with Gasteiger partial charge in [-0.3, -0.25) is 9.59 Å². The van der Waals surface area contributed by atoms with E-state index in [4.69, 9.17) is 0 Å². The number of benzene rings is 1. The zero-order valence-electron chi connectivity index (χ0n) is 15.6. The van der Waals surface area contributed by atoms with Crippen LogP contribution in [0.5, 0.6) is 0 Å². The minimum Gasteiger partial charge on any atom is -0.356 e. The zero-order chi connectivity index (χ0) is 18.1. The summed E-state index contributed by atoms with van der Waals surface area (Å²) in [7, 11) is 0. The topological polar surface area (TPSA) is 58.2 Å². The summed E-state index contributed by atoms with van der Waals surface area (Å²) in [5.41, 5.74) is 1.31. The minimum absolute atomic E-state index is 0.0749. The highest BCUT2D eigenvalue weighted by molar-refractivity contribution is 5.81. The molecular weight excluding hydrogens is 312 g/mol. The van der Waals surface area contributed by atoms with Crippen molar-refractivity contribution in [1.29, 1.82) is 0 Å². The predicted molar refractivity (Wildman–Crippen MR) is 101 cm³/mol. The Kier molecular flexibility index (Phi) is 7.96. The van der Waals surface area contributed by atoms with Crippen LogP contribution in [0.25, 0.3) is 0 Å². The minimum atomic E-state index is 0.0749. The van der Waals surface area contributed by atoms with Crippen molar-refractivity contribution < 1.29 is 9.59 Å². The molecule has 2 N–H and O–H groups in total. The van der Waals surface area contributed by atoms with Gasteiger partial charge in [-0.15, -0.1) is 0 Å². The Hall–Kier alpha value is -1.84. The van der Waals surface area contributed by atoms with Crippen molar-refractivity contribution in [3.8, 4) is 0 Å². The van der Waals surface area contributed by atoms with Gasteiger partial charge in [-0.1, -0.05) is 44.2 Å². The molecule has 1 aliphatic rings. The quantitative estimate of drug-likeness (QED) is 0.711. The molecule has 0 atom stereocenters. The van der Waals surface area contributed by atoms with E-state index in [-0.39, 0.29) is 23.7 Å². The van der Waals surface area contributed by atoms with Crippen molar-refractivity contribution in [3.63, 3.8) is 0 Å². The summed E-state index contributed by atoms with van der Waals surface area (Å²) in [4.78, 5) is 24.4. The van der Waals surface area contributed by atoms with Crippen LogP contribution in [0.15, 0.2) is 30.3 Å². The van der Waals surface area contributed by atoms with Crippen LogP contribution in [0.4, 0.5) is 0 Å². The molecule has 2 rings (SSSR count). The first-order valence-corrected chi connectivity index (χ1v) is 9.65. The van der Waals surface area contributed by atoms with Crippen LogP contribution < -0.4 is 10.6 Å². The van der Waals surface area contributed by atoms with E-state index in [0.29, 0.717) is 5.92 Å². The Labute approximate surface area is 151 Å². The average Bonchev–Trinajstić information content (AvgIpc) is 2.64. The molecule has 1 saturated carbocycles. The van der Waals surface area contributed by atoms with Crippen molar-refractivity contribution in [2.45, 2.75) is 52.4 Å². The zero-order valence-corrected chi connectivity index (χ0v) is 15.6. The fourth-order valence-corrected chi connectivity index (χ4v) is 3.36. The van der Waals surface area contributed by atoms with Crippen molar-refractivity contribution in [2.24, 2.45) is 17.8 Å². The molecular formula is C21H32N2O2. The van der Waals surface area contributed by atoms with Gasteiger partial charge >= 0.3 is 0 Å². The number of amides is 2. The van der Waals surface area contributed by atoms with Gasteiger partial charge in [0.05, 0.1) is 0 Å². The number of aryl methyl sites for hydroxylation is 1. The third-order valence-electron chi connectivity index (χ3n) is 4.94. The standard InChI is InChI=1S/C21H32N2O2/c1-16(2)15-23-21(25)19-12-10-18(11-13-19)20(24)22-14-6-9-17-7-4-3-5-8-17/h3-5,7-8,16,18-19H,6,9-15H2,1-2H3,(H,22,24)(H,23,25). The third-order valence-corrected chi connectivity index (χ3v) is 4.94. The van der Waals surface area contributed by atoms with E-state index in [0.717, 1.165) is 51.6 Å². The summed E-state index contributed by atoms with van der Waals surface area (Å²) in [5.74, 6) is 0.957. The fraction of sp³-hybridized carbons (Fsp3) is 0.619. The monoisotopic (exact) mass is 344 g/mol. The number of rotatable bonds is 8. The second kappa shape index (κ2) is 10.2. The van der Waals surface area contributed by atoms with Crippen molar-refractivity contribution in [2.75, 3.05) is 13.1 Å². The lowest BCUT2D eigenvalue weighted by atomic mass is 9.81. The van der Waals surface area contributed by atoms with E-state index >= 15 is 0 Å². The van der Waals surface area contributed by atoms with Gasteiger partial charge in [-0.2, -0.15) is 0 Å². The highest BCUT2D eigenvalue weighted by Gasteiger charge is 2.29. The van der Waals surface area contributed by atoms with E-state index < -0.39 is 0 Å². The molecule has 0 radical (unpaired) electrons. The summed E-state index contributed by atoms with van der Waals surface area (Å²) in [6, 6.07) is 10.3. The Bertz CT molecular complexity index is 534. The van der Waals surface area contributed by atoms with E-state index in [1.54, 1.807) is 0 Å². The van der Waals surface area contributed by atoms with Gasteiger partial charge in [0.1, 0.15) is 0 Å². The molecule has 138 valence electrons. The molecule has 0 bridgehead atoms. The largest absolute Gasteiger partial charge is 0.356 e. The van der Waals surface area contributed by atoms with Gasteiger partial charge < -0.3 is 10.6 Å². The lowest BCUT2D eigenvalue weighted by Gasteiger charge is -2.27. The van der Waals surface area contributed by atoms with Gasteiger partial charge in [0, 0.05) is 24.9 Å². The lowest BCUT2D eigenvalue weighted by Crippen LogP contribution is -2.38. The maximum absolute atomic E-state index is 12.3. The van der Waals surface area contributed by atoms with Crippen molar-refractivity contribution in [1.82, 2.24) is 10.6 Å². The molecule has 25 heavy (non-hydrogen) atoms. The van der Waals surface area contributed by atoms with E-state index in [2.05, 4.69) is 36.6 Å². The maximum Gasteiger partial charge on any atom is 0.223 e. The summed E-state index contributed by atoms with van der Waals surface area (Å²) in [6.45, 7) is 5.65. The van der Waals surface area contributed by atoms with E-state index in [1.165, 1.54) is 5.56 Å². The first-order valence-electron chi connectivity index (χ1n) is 9.65. The van der Waals surface area contributed by atoms with Crippen LogP contribution in [0.3, 0.4) is 0 Å². The molecule has 0 aromatic heterocycles. The Morgan fingerprint density at radius 2 is 1.52 bits per heavy atom. The van der Waals surface area contributed by atoms with Gasteiger partial charge in [-0.25, -0.2) is 0 Å². The van der Waals surface area contributed by atoms with Crippen LogP contribution in [0, 0.1) is 17.8 Å². The van der Waals surface area contributed by atoms with Crippen LogP contribution in [0.1, 0.15) is 51.5 Å². The second-order valence-corrected chi connectivity index (χ2v) is 7.57. The SMILES string of the molecule is CC(C)CNC(=O)C1CCC(C(=O)NCCCc2ccccc2)CC1. The molecule has 4 nitrogen and oxygen atoms in total. The van der Waals surface area contributed by atoms with E-state index in [1.807, 2.05) is 18.2 Å². The molecule has 0 spiro atoms. The smallest absolute Gasteiger partial charge is 0.223 e. The van der Waals surface area contributed by atoms with Gasteiger partial charge in [-0.05, 0) is 50.0 Å². The van der Waals surface area contributed by atoms with Gasteiger partial charge in [0.25, 0.3) is 0 Å². The Morgan fingerprint density at radius 1 is 0.960 bits per heavy atom. The summed E-state index contributed by atoms with van der Waals surface area (Å²) < 4.78 is 0. The fourth-order valence-electron chi connectivity index (χ4n) is 3.36. The molecule has 1 aromatic rings. The first-order chi connectivity index (χ1) is 12.1. The number of carbonyl (C=O) groups is 2. The molecule has 2 amide bonds. The molecule has 1 aromatic carbocycles. The van der Waals surface area contributed by atoms with Crippen molar-refractivity contribution in [3.05, 3.63) is 35.9 Å². The summed E-state index contributed by atoms with van der Waals surface area (Å²) in [5, 5.41) is 6.08. The van der Waals surface area contributed by atoms with Crippen LogP contribution in [0.2, 0.25) is 0 Å². The van der Waals surface area contributed by atoms with Crippen molar-refractivity contribution >= 4 is 11.8 Å². The second-order valence-electron chi connectivity index (χ2n) is 7.57. The number of hydrogen-bond acceptors (Lipinski definition) is 2. The number of nitrogens with one attached hydrogen (secondary N) is 2. The van der Waals surface area contributed by atoms with Crippen LogP contribution in [-0.4, -0.2) is 24.9 Å². The Morgan fingerprint density at radius 3 is 2.08 bits per heavy atom. The van der Waals surface area contributed by atoms with Crippen LogP contribution in [-0.2, 0) is 16.0 Å². The highest BCUT2D eigenvalue weighted by atomic mass is 16.2. The molecule has 4 heteroatoms. The lowest BCUT2D eigenvalue weighted by molar-refractivity contribution is -0.130. The number of carbonyl (C=O) groups excluding carboxylic acids is 2. The molecule has 1 aliphatic carbocycles. The number of hydrogen-bond donors (Lipinski definition) is 2. The van der Waals surface area contributed by atoms with Gasteiger partial charge in [0.15, 0.2) is 0 Å². The molecule has 0 heterocycles. The molecule has 0 saturated heterocycles. The normalized spacial score (nSPS) is 20.3. The molecule has 1 fully saturated rings. The maximum atomic E-state index is 12.3. The molecule has 0 unspecified atom stereocenters. The van der Waals surface area contributed by atoms with Crippen LogP contribution >= 0.6 is 0 Å². The highest BCUT2D eigenvalue weighted by Crippen LogP contribution is 2.29. The first kappa shape index (κ1) is 19.5. The Balaban J connectivity index is 1.61. The third kappa shape index (κ3) is 6.89. The van der Waals surface area contributed by atoms with E-state index in [9.17, 15) is 9.59 Å². The summed E-state index contributed by atoms with van der Waals surface area (Å²) >= 11 is 0. The average molecular weight is 344 g/mol. The summed E-state index contributed by atoms with van der Waals surface area (Å²) in [6.07, 6.45) is 5.25. The van der Waals surface area contributed by atoms with Gasteiger partial charge in [0.2, 0.25) is 11.8 Å². The predicted octanol–water partition coefficient (Wildman–Crippen LogP) is 3.31.